The molecule has 345 valence electrons. The number of imidazole rings is 1. The van der Waals surface area contributed by atoms with Crippen molar-refractivity contribution >= 4 is 43.7 Å². The number of nitrogens with zero attached hydrogens (tertiary/aromatic N) is 3. The van der Waals surface area contributed by atoms with Crippen LogP contribution in [-0.4, -0.2) is 14.5 Å². The number of aromatic nitrogens is 3. The summed E-state index contributed by atoms with van der Waals surface area (Å²) in [6.07, 6.45) is 0.378. The topological polar surface area (TPSA) is 43.9 Å². The molecule has 0 amide bonds. The summed E-state index contributed by atoms with van der Waals surface area (Å²) in [6.45, 7) is 10.8. The zero-order valence-corrected chi connectivity index (χ0v) is 42.2. The van der Waals surface area contributed by atoms with Crippen LogP contribution in [0.2, 0.25) is 0 Å². The van der Waals surface area contributed by atoms with E-state index in [0.29, 0.717) is 22.5 Å². The van der Waals surface area contributed by atoms with Crippen LogP contribution in [0.15, 0.2) is 180 Å². The smallest absolute Gasteiger partial charge is 0.121 e. The van der Waals surface area contributed by atoms with Crippen LogP contribution < -0.4 is 0 Å². The van der Waals surface area contributed by atoms with E-state index >= 15 is 0 Å². The maximum absolute atomic E-state index is 8.98. The van der Waals surface area contributed by atoms with Gasteiger partial charge in [-0.3, -0.25) is 4.98 Å². The van der Waals surface area contributed by atoms with Crippen molar-refractivity contribution in [3.8, 4) is 50.6 Å². The van der Waals surface area contributed by atoms with Gasteiger partial charge in [-0.05, 0) is 97.7 Å². The van der Waals surface area contributed by atoms with Crippen LogP contribution in [0.25, 0.3) is 94.3 Å². The van der Waals surface area contributed by atoms with Crippen molar-refractivity contribution < 1.29 is 34.1 Å². The van der Waals surface area contributed by atoms with E-state index in [4.69, 9.17) is 19.0 Å². The van der Waals surface area contributed by atoms with Gasteiger partial charge >= 0.3 is 0 Å². The first-order valence-corrected chi connectivity index (χ1v) is 23.1. The third-order valence-electron chi connectivity index (χ3n) is 12.2. The van der Waals surface area contributed by atoms with E-state index in [0.717, 1.165) is 77.7 Å². The molecule has 0 aliphatic carbocycles. The average molecular weight is 1080 g/mol. The molecule has 0 bridgehead atoms. The first-order chi connectivity index (χ1) is 35.5. The van der Waals surface area contributed by atoms with Crippen LogP contribution in [0.4, 0.5) is 0 Å². The van der Waals surface area contributed by atoms with E-state index in [1.165, 1.54) is 10.8 Å². The van der Waals surface area contributed by atoms with Gasteiger partial charge in [0.1, 0.15) is 5.58 Å². The van der Waals surface area contributed by atoms with Crippen molar-refractivity contribution in [1.29, 1.82) is 0 Å². The summed E-state index contributed by atoms with van der Waals surface area (Å²) in [5.74, 6) is -1.33. The molecule has 8 aromatic carbocycles. The summed E-state index contributed by atoms with van der Waals surface area (Å²) in [5.41, 5.74) is 11.6. The molecule has 0 N–H and O–H groups in total. The molecule has 0 aliphatic rings. The van der Waals surface area contributed by atoms with Crippen molar-refractivity contribution in [3.63, 3.8) is 0 Å². The maximum Gasteiger partial charge on any atom is 0.121 e. The molecule has 1 radical (unpaired) electrons. The summed E-state index contributed by atoms with van der Waals surface area (Å²) in [6, 6.07) is 61.2. The third-order valence-corrected chi connectivity index (χ3v) is 12.2. The number of pyridine rings is 1. The van der Waals surface area contributed by atoms with Crippen molar-refractivity contribution in [1.82, 2.24) is 14.5 Å². The second-order valence-corrected chi connectivity index (χ2v) is 18.7. The van der Waals surface area contributed by atoms with E-state index in [1.807, 2.05) is 180 Å². The monoisotopic (exact) mass is 1080 g/mol. The van der Waals surface area contributed by atoms with E-state index in [-0.39, 0.29) is 25.7 Å². The minimum absolute atomic E-state index is 0. The fourth-order valence-corrected chi connectivity index (χ4v) is 9.13. The molecular weight excluding hydrogens is 1020 g/mol. The Kier molecular flexibility index (Phi) is 11.1. The maximum atomic E-state index is 8.98. The molecule has 0 saturated carbocycles. The van der Waals surface area contributed by atoms with Gasteiger partial charge in [-0.2, -0.15) is 0 Å². The number of hydrogen-bond donors (Lipinski definition) is 0. The zero-order valence-electron chi connectivity index (χ0n) is 46.8. The van der Waals surface area contributed by atoms with Gasteiger partial charge in [0.05, 0.1) is 22.4 Å². The molecule has 3 heterocycles. The molecule has 0 saturated heterocycles. The van der Waals surface area contributed by atoms with Gasteiger partial charge in [0.2, 0.25) is 0 Å². The van der Waals surface area contributed by atoms with E-state index < -0.39 is 30.4 Å². The Bertz CT molecular complexity index is 3880. The molecule has 0 unspecified atom stereocenters. The van der Waals surface area contributed by atoms with Crippen LogP contribution in [-0.2, 0) is 26.5 Å². The Hall–Kier alpha value is -6.91. The molecule has 5 heteroatoms. The summed E-state index contributed by atoms with van der Waals surface area (Å²) in [7, 11) is 0. The third kappa shape index (κ3) is 9.47. The molecule has 0 aliphatic heterocycles. The standard InChI is InChI=1S/C32H31N2.C32H26NO.Ir/c1-21(2)26-14-11-15-27(22(3)4)31(26)34-30-17-10-9-16-29(30)33-32(34)25-19-18-23(5)28(20-25)24-12-7-6-8-13-24;1-32(2,3)20-21-11-13-22(14-12-21)24-17-18-33-28(19-24)26-9-6-10-27-30-25-8-5-4-7-23(25)15-16-29(30)34-31(26)27;/h6-18,20-22H,1-5H3;4-8,10-19H,20H2,1-3H3;/q2*-1;/i5D3,21D,22D;20D2;. The number of benzene rings is 8. The van der Waals surface area contributed by atoms with Crippen LogP contribution in [0.3, 0.4) is 0 Å². The molecule has 0 spiro atoms. The molecule has 0 atom stereocenters. The molecule has 69 heavy (non-hydrogen) atoms. The number of rotatable bonds is 8. The van der Waals surface area contributed by atoms with Gasteiger partial charge in [0.15, 0.2) is 0 Å². The number of aryl methyl sites for hydroxylation is 1. The molecule has 11 aromatic rings. The molecule has 4 nitrogen and oxygen atoms in total. The first kappa shape index (κ1) is 39.0. The summed E-state index contributed by atoms with van der Waals surface area (Å²) < 4.78 is 67.9. The van der Waals surface area contributed by atoms with Crippen molar-refractivity contribution in [2.24, 2.45) is 5.41 Å². The Balaban J connectivity index is 0.000000184. The van der Waals surface area contributed by atoms with E-state index in [2.05, 4.69) is 53.5 Å². The van der Waals surface area contributed by atoms with Crippen molar-refractivity contribution in [3.05, 3.63) is 210 Å². The second kappa shape index (κ2) is 19.6. The predicted octanol–water partition coefficient (Wildman–Crippen LogP) is 17.6. The summed E-state index contributed by atoms with van der Waals surface area (Å²) >= 11 is 0. The van der Waals surface area contributed by atoms with Gasteiger partial charge in [0, 0.05) is 47.0 Å². The van der Waals surface area contributed by atoms with Crippen LogP contribution >= 0.6 is 0 Å². The average Bonchev–Trinajstić information content (AvgIpc) is 3.97. The van der Waals surface area contributed by atoms with E-state index in [9.17, 15) is 0 Å². The normalized spacial score (nSPS) is 13.9. The number of furan rings is 1. The van der Waals surface area contributed by atoms with E-state index in [1.54, 1.807) is 12.3 Å². The second-order valence-electron chi connectivity index (χ2n) is 18.7. The summed E-state index contributed by atoms with van der Waals surface area (Å²) in [5, 5.41) is 4.51. The molecule has 3 aromatic heterocycles. The largest absolute Gasteiger partial charge is 0.501 e. The fraction of sp³-hybridized carbons (Fsp3) is 0.188. The van der Waals surface area contributed by atoms with Gasteiger partial charge in [0.25, 0.3) is 0 Å². The van der Waals surface area contributed by atoms with Gasteiger partial charge in [-0.15, -0.1) is 47.5 Å². The van der Waals surface area contributed by atoms with Crippen LogP contribution in [0.5, 0.6) is 0 Å². The number of para-hydroxylation sites is 3. The first-order valence-electron chi connectivity index (χ1n) is 26.6. The van der Waals surface area contributed by atoms with Gasteiger partial charge in [-0.1, -0.05) is 193 Å². The Labute approximate surface area is 430 Å². The Morgan fingerprint density at radius 2 is 1.43 bits per heavy atom. The SMILES string of the molecule is [2H]C([2H])([2H])c1c[c-]c(-c2nc3ccccc3n2-c2c(C([2H])(C)C)cccc2C([2H])(C)C)cc1-c1ccccc1.[2H]C([2H])(c1ccc(-c2ccnc(-c3[c-]ccc4c3oc3ccc5ccccc5c34)c2)cc1)C(C)(C)C.[Ir]. The Morgan fingerprint density at radius 1 is 0.710 bits per heavy atom. The fourth-order valence-electron chi connectivity index (χ4n) is 9.13. The van der Waals surface area contributed by atoms with Crippen molar-refractivity contribution in [2.75, 3.05) is 0 Å². The van der Waals surface area contributed by atoms with Crippen LogP contribution in [0.1, 0.15) is 92.1 Å². The number of hydrogen-bond acceptors (Lipinski definition) is 3. The summed E-state index contributed by atoms with van der Waals surface area (Å²) in [4.78, 5) is 9.66. The minimum atomic E-state index is -2.31. The van der Waals surface area contributed by atoms with Crippen molar-refractivity contribution in [2.45, 2.75) is 73.5 Å². The predicted molar refractivity (Wildman–Crippen MR) is 286 cm³/mol. The zero-order chi connectivity index (χ0) is 53.2. The van der Waals surface area contributed by atoms with Gasteiger partial charge < -0.3 is 14.0 Å². The van der Waals surface area contributed by atoms with Crippen LogP contribution in [0, 0.1) is 24.4 Å². The molecule has 11 rings (SSSR count). The number of fused-ring (bicyclic) bond motifs is 6. The molecule has 0 fully saturated rings. The Morgan fingerprint density at radius 3 is 2.17 bits per heavy atom. The molecular formula is C64H57IrN3O-2. The quantitative estimate of drug-likeness (QED) is 0.142. The van der Waals surface area contributed by atoms with Gasteiger partial charge in [-0.25, -0.2) is 0 Å². The minimum Gasteiger partial charge on any atom is -0.501 e.